The maximum Gasteiger partial charge on any atom is 0.459 e. The fourth-order valence-electron chi connectivity index (χ4n) is 3.87. The van der Waals surface area contributed by atoms with E-state index in [1.165, 1.54) is 13.1 Å². The molecule has 4 N–H and O–H groups in total. The molecule has 2 aromatic rings. The van der Waals surface area contributed by atoms with E-state index in [4.69, 9.17) is 19.5 Å². The molecule has 1 aliphatic carbocycles. The van der Waals surface area contributed by atoms with Crippen molar-refractivity contribution < 1.29 is 28.3 Å². The number of nitrogens with two attached hydrogens (primary N) is 1. The summed E-state index contributed by atoms with van der Waals surface area (Å²) in [6.07, 6.45) is 5.03. The summed E-state index contributed by atoms with van der Waals surface area (Å²) in [6, 6.07) is 4.70. The van der Waals surface area contributed by atoms with E-state index < -0.39 is 19.8 Å². The van der Waals surface area contributed by atoms with E-state index in [0.717, 1.165) is 36.8 Å². The van der Waals surface area contributed by atoms with Gasteiger partial charge in [0.15, 0.2) is 0 Å². The van der Waals surface area contributed by atoms with Crippen LogP contribution in [0, 0.1) is 6.92 Å². The van der Waals surface area contributed by atoms with E-state index >= 15 is 0 Å². The molecule has 1 aliphatic rings. The van der Waals surface area contributed by atoms with Gasteiger partial charge in [-0.25, -0.2) is 4.57 Å². The topological polar surface area (TPSA) is 133 Å². The third kappa shape index (κ3) is 6.36. The summed E-state index contributed by atoms with van der Waals surface area (Å²) in [5.74, 6) is -0.144. The molecule has 1 unspecified atom stereocenters. The Balaban J connectivity index is 1.89. The van der Waals surface area contributed by atoms with Crippen LogP contribution >= 0.6 is 7.75 Å². The van der Waals surface area contributed by atoms with Gasteiger partial charge < -0.3 is 20.1 Å². The van der Waals surface area contributed by atoms with Crippen LogP contribution in [0.5, 0.6) is 11.5 Å². The van der Waals surface area contributed by atoms with Crippen LogP contribution in [-0.4, -0.2) is 28.2 Å². The van der Waals surface area contributed by atoms with Crippen molar-refractivity contribution in [1.29, 1.82) is 0 Å². The predicted molar refractivity (Wildman–Crippen MR) is 128 cm³/mol. The lowest BCUT2D eigenvalue weighted by Gasteiger charge is -2.26. The Bertz CT molecular complexity index is 1070. The van der Waals surface area contributed by atoms with Gasteiger partial charge in [-0.2, -0.15) is 5.09 Å². The summed E-state index contributed by atoms with van der Waals surface area (Å²) in [5.41, 5.74) is 9.31. The number of carbonyl (C=O) groups is 1. The van der Waals surface area contributed by atoms with Crippen molar-refractivity contribution >= 4 is 13.7 Å². The molecule has 0 bridgehead atoms. The average molecular weight is 492 g/mol. The highest BCUT2D eigenvalue weighted by Crippen LogP contribution is 2.48. The molecule has 10 heteroatoms. The van der Waals surface area contributed by atoms with E-state index in [2.05, 4.69) is 10.1 Å². The zero-order valence-corrected chi connectivity index (χ0v) is 21.1. The third-order valence-electron chi connectivity index (χ3n) is 5.65. The number of carbonyl (C=O) groups excluding carboxylic acids is 1. The number of esters is 1. The molecule has 3 rings (SSSR count). The number of aromatic nitrogens is 1. The number of fused-ring (bicyclic) bond motifs is 1. The van der Waals surface area contributed by atoms with Crippen molar-refractivity contribution in [1.82, 2.24) is 10.1 Å². The number of hydrogen-bond donors (Lipinski definition) is 3. The van der Waals surface area contributed by atoms with Gasteiger partial charge in [-0.1, -0.05) is 12.1 Å². The molecule has 0 saturated heterocycles. The molecule has 0 saturated carbocycles. The van der Waals surface area contributed by atoms with Crippen LogP contribution in [0.1, 0.15) is 61.6 Å². The van der Waals surface area contributed by atoms with Gasteiger partial charge in [0, 0.05) is 23.9 Å². The van der Waals surface area contributed by atoms with Crippen molar-refractivity contribution in [3.63, 3.8) is 0 Å². The zero-order chi connectivity index (χ0) is 24.9. The van der Waals surface area contributed by atoms with E-state index in [9.17, 15) is 14.5 Å². The minimum absolute atomic E-state index is 0.0293. The van der Waals surface area contributed by atoms with Gasteiger partial charge in [-0.05, 0) is 70.6 Å². The van der Waals surface area contributed by atoms with Crippen molar-refractivity contribution in [2.45, 2.75) is 78.7 Å². The Kier molecular flexibility index (Phi) is 8.71. The van der Waals surface area contributed by atoms with Gasteiger partial charge in [0.25, 0.3) is 0 Å². The summed E-state index contributed by atoms with van der Waals surface area (Å²) in [4.78, 5) is 16.5. The maximum absolute atomic E-state index is 13.9. The first-order chi connectivity index (χ1) is 16.1. The van der Waals surface area contributed by atoms with Gasteiger partial charge in [0.2, 0.25) is 0 Å². The van der Waals surface area contributed by atoms with Crippen molar-refractivity contribution in [3.05, 3.63) is 52.3 Å². The SMILES string of the molecule is Cc1ncc(COP(=O)(N[C@@H](C)C(=O)OC(C)C)Oc2cccc3c2CCCC3)c(CN)c1O. The van der Waals surface area contributed by atoms with Gasteiger partial charge in [-0.3, -0.25) is 14.3 Å². The van der Waals surface area contributed by atoms with E-state index in [1.54, 1.807) is 26.8 Å². The van der Waals surface area contributed by atoms with E-state index in [-0.39, 0.29) is 25.0 Å². The quantitative estimate of drug-likeness (QED) is 0.332. The fourth-order valence-corrected chi connectivity index (χ4v) is 5.37. The van der Waals surface area contributed by atoms with Crippen LogP contribution in [0.25, 0.3) is 0 Å². The number of pyridine rings is 1. The van der Waals surface area contributed by atoms with Crippen LogP contribution < -0.4 is 15.3 Å². The highest BCUT2D eigenvalue weighted by Gasteiger charge is 2.34. The number of nitrogens with zero attached hydrogens (tertiary/aromatic N) is 1. The second-order valence-electron chi connectivity index (χ2n) is 8.70. The maximum atomic E-state index is 13.9. The summed E-state index contributed by atoms with van der Waals surface area (Å²) < 4.78 is 30.9. The second kappa shape index (κ2) is 11.3. The fraction of sp³-hybridized carbons (Fsp3) is 0.500. The Labute approximate surface area is 200 Å². The highest BCUT2D eigenvalue weighted by molar-refractivity contribution is 7.52. The summed E-state index contributed by atoms with van der Waals surface area (Å²) in [5, 5.41) is 13.0. The molecule has 1 heterocycles. The molecule has 186 valence electrons. The minimum Gasteiger partial charge on any atom is -0.506 e. The lowest BCUT2D eigenvalue weighted by Crippen LogP contribution is -2.36. The summed E-state index contributed by atoms with van der Waals surface area (Å²) in [6.45, 7) is 6.52. The molecule has 0 radical (unpaired) electrons. The molecular formula is C24H34N3O6P. The standard InChI is InChI=1S/C24H34N3O6P/c1-15(2)32-24(29)17(4)27-34(30,31-14-19-13-26-16(3)23(28)21(19)12-25)33-22-11-7-9-18-8-5-6-10-20(18)22/h7,9,11,13,15,17,28H,5-6,8,10,12,14,25H2,1-4H3,(H,27,30)/t17-,34?/m0/s1. The first kappa shape index (κ1) is 26.2. The van der Waals surface area contributed by atoms with Crippen LogP contribution in [0.4, 0.5) is 0 Å². The number of aryl methyl sites for hydroxylation is 2. The number of ether oxygens (including phenoxy) is 1. The molecule has 0 amide bonds. The smallest absolute Gasteiger partial charge is 0.459 e. The van der Waals surface area contributed by atoms with Crippen molar-refractivity contribution in [2.75, 3.05) is 0 Å². The highest BCUT2D eigenvalue weighted by atomic mass is 31.2. The summed E-state index contributed by atoms with van der Waals surface area (Å²) >= 11 is 0. The second-order valence-corrected chi connectivity index (χ2v) is 10.4. The van der Waals surface area contributed by atoms with Crippen LogP contribution in [-0.2, 0) is 44.6 Å². The van der Waals surface area contributed by atoms with Gasteiger partial charge in [0.1, 0.15) is 17.5 Å². The predicted octanol–water partition coefficient (Wildman–Crippen LogP) is 4.07. The van der Waals surface area contributed by atoms with Crippen LogP contribution in [0.2, 0.25) is 0 Å². The van der Waals surface area contributed by atoms with Crippen LogP contribution in [0.3, 0.4) is 0 Å². The third-order valence-corrected chi connectivity index (χ3v) is 7.26. The van der Waals surface area contributed by atoms with Crippen molar-refractivity contribution in [2.24, 2.45) is 5.73 Å². The van der Waals surface area contributed by atoms with Gasteiger partial charge >= 0.3 is 13.7 Å². The Morgan fingerprint density at radius 1 is 1.26 bits per heavy atom. The van der Waals surface area contributed by atoms with Crippen LogP contribution in [0.15, 0.2) is 24.4 Å². The zero-order valence-electron chi connectivity index (χ0n) is 20.2. The number of nitrogens with one attached hydrogen (secondary N) is 1. The molecule has 1 aromatic carbocycles. The molecule has 1 aromatic heterocycles. The molecule has 9 nitrogen and oxygen atoms in total. The largest absolute Gasteiger partial charge is 0.506 e. The number of aromatic hydroxyl groups is 1. The van der Waals surface area contributed by atoms with Crippen molar-refractivity contribution in [3.8, 4) is 11.5 Å². The molecule has 34 heavy (non-hydrogen) atoms. The molecule has 0 fully saturated rings. The van der Waals surface area contributed by atoms with Gasteiger partial charge in [-0.15, -0.1) is 0 Å². The number of rotatable bonds is 10. The lowest BCUT2D eigenvalue weighted by atomic mass is 9.91. The van der Waals surface area contributed by atoms with E-state index in [1.807, 2.05) is 12.1 Å². The molecule has 0 aliphatic heterocycles. The molecular weight excluding hydrogens is 457 g/mol. The number of benzene rings is 1. The minimum atomic E-state index is -4.06. The van der Waals surface area contributed by atoms with E-state index in [0.29, 0.717) is 22.6 Å². The Morgan fingerprint density at radius 3 is 2.71 bits per heavy atom. The normalized spacial score (nSPS) is 15.9. The first-order valence-corrected chi connectivity index (χ1v) is 13.1. The van der Waals surface area contributed by atoms with Gasteiger partial charge in [0.05, 0.1) is 18.4 Å². The number of hydrogen-bond acceptors (Lipinski definition) is 8. The summed E-state index contributed by atoms with van der Waals surface area (Å²) in [7, 11) is -4.06. The average Bonchev–Trinajstić information content (AvgIpc) is 2.79. The lowest BCUT2D eigenvalue weighted by molar-refractivity contribution is -0.149. The molecule has 0 spiro atoms. The first-order valence-electron chi connectivity index (χ1n) is 11.5. The molecule has 2 atom stereocenters. The Morgan fingerprint density at radius 2 is 2.00 bits per heavy atom. The monoisotopic (exact) mass is 491 g/mol. The Hall–Kier alpha value is -2.45.